The summed E-state index contributed by atoms with van der Waals surface area (Å²) in [6.07, 6.45) is 1.92. The number of methoxy groups -OCH3 is 3. The molecule has 0 spiro atoms. The molecule has 1 N–H and O–H groups in total. The molecule has 0 aliphatic carbocycles. The summed E-state index contributed by atoms with van der Waals surface area (Å²) in [4.78, 5) is 0. The Morgan fingerprint density at radius 1 is 0.853 bits per heavy atom. The van der Waals surface area contributed by atoms with Crippen LogP contribution in [-0.4, -0.2) is 39.8 Å². The van der Waals surface area contributed by atoms with Crippen molar-refractivity contribution in [3.8, 4) is 51.0 Å². The van der Waals surface area contributed by atoms with Gasteiger partial charge in [-0.25, -0.2) is 4.39 Å². The molecule has 0 bridgehead atoms. The summed E-state index contributed by atoms with van der Waals surface area (Å²) in [7, 11) is 4.57. The molecule has 34 heavy (non-hydrogen) atoms. The van der Waals surface area contributed by atoms with Gasteiger partial charge in [-0.1, -0.05) is 23.8 Å². The van der Waals surface area contributed by atoms with E-state index in [1.54, 1.807) is 36.4 Å². The van der Waals surface area contributed by atoms with Crippen LogP contribution in [0.3, 0.4) is 0 Å². The summed E-state index contributed by atoms with van der Waals surface area (Å²) in [5.41, 5.74) is 3.68. The molecule has 7 heteroatoms. The molecule has 0 amide bonds. The van der Waals surface area contributed by atoms with Crippen molar-refractivity contribution in [2.24, 2.45) is 0 Å². The fraction of sp³-hybridized carbons (Fsp3) is 0.259. The lowest BCUT2D eigenvalue weighted by Crippen LogP contribution is -2.05. The van der Waals surface area contributed by atoms with Gasteiger partial charge in [-0.05, 0) is 61.4 Å². The van der Waals surface area contributed by atoms with E-state index in [1.807, 2.05) is 19.9 Å². The smallest absolute Gasteiger partial charge is 0.188 e. The van der Waals surface area contributed by atoms with Crippen molar-refractivity contribution in [2.45, 2.75) is 13.8 Å². The number of hydrogen-bond acceptors (Lipinski definition) is 6. The van der Waals surface area contributed by atoms with Gasteiger partial charge >= 0.3 is 0 Å². The molecule has 0 aliphatic rings. The summed E-state index contributed by atoms with van der Waals surface area (Å²) in [6, 6.07) is 12.9. The van der Waals surface area contributed by atoms with E-state index in [0.29, 0.717) is 46.3 Å². The fourth-order valence-electron chi connectivity index (χ4n) is 3.45. The molecule has 180 valence electrons. The van der Waals surface area contributed by atoms with E-state index in [1.165, 1.54) is 33.5 Å². The molecule has 3 aromatic carbocycles. The van der Waals surface area contributed by atoms with E-state index in [-0.39, 0.29) is 18.4 Å². The number of rotatable bonds is 10. The van der Waals surface area contributed by atoms with Crippen molar-refractivity contribution in [2.75, 3.05) is 34.7 Å². The lowest BCUT2D eigenvalue weighted by atomic mass is 9.96. The highest BCUT2D eigenvalue weighted by atomic mass is 19.1. The first-order valence-corrected chi connectivity index (χ1v) is 10.7. The van der Waals surface area contributed by atoms with Crippen LogP contribution in [0.5, 0.6) is 28.7 Å². The van der Waals surface area contributed by atoms with Crippen LogP contribution in [-0.2, 0) is 4.74 Å². The number of hydrogen-bond donors (Lipinski definition) is 1. The zero-order chi connectivity index (χ0) is 24.7. The molecule has 0 fully saturated rings. The number of phenols is 1. The highest BCUT2D eigenvalue weighted by Crippen LogP contribution is 2.51. The molecule has 0 unspecified atom stereocenters. The van der Waals surface area contributed by atoms with Gasteiger partial charge in [0, 0.05) is 12.7 Å². The second kappa shape index (κ2) is 11.4. The summed E-state index contributed by atoms with van der Waals surface area (Å²) in [6.45, 7) is 4.25. The topological polar surface area (TPSA) is 66.4 Å². The lowest BCUT2D eigenvalue weighted by Gasteiger charge is -2.21. The molecule has 6 nitrogen and oxygen atoms in total. The monoisotopic (exact) mass is 468 g/mol. The Labute approximate surface area is 199 Å². The summed E-state index contributed by atoms with van der Waals surface area (Å²) in [5, 5.41) is 10.6. The van der Waals surface area contributed by atoms with Crippen molar-refractivity contribution < 1.29 is 33.2 Å². The third-order valence-electron chi connectivity index (χ3n) is 5.08. The molecule has 0 heterocycles. The minimum absolute atomic E-state index is 0.0269. The average Bonchev–Trinajstić information content (AvgIpc) is 2.83. The van der Waals surface area contributed by atoms with Crippen LogP contribution >= 0.6 is 0 Å². The van der Waals surface area contributed by atoms with Crippen molar-refractivity contribution in [3.05, 3.63) is 66.0 Å². The third-order valence-corrected chi connectivity index (χ3v) is 5.08. The van der Waals surface area contributed by atoms with Crippen LogP contribution in [0.25, 0.3) is 22.3 Å². The Kier molecular flexibility index (Phi) is 8.38. The summed E-state index contributed by atoms with van der Waals surface area (Å²) in [5.74, 6) is 1.24. The SMILES string of the molecule is COCOc1c(OC)c(-c2ccc(F)cc2)cc(OC)c1-c1ccc(OCC=C(C)C)c(O)c1. The molecule has 3 rings (SSSR count). The number of allylic oxidation sites excluding steroid dienone is 1. The van der Waals surface area contributed by atoms with Gasteiger partial charge in [0.25, 0.3) is 0 Å². The Morgan fingerprint density at radius 3 is 2.15 bits per heavy atom. The molecule has 0 radical (unpaired) electrons. The number of halogens is 1. The highest BCUT2D eigenvalue weighted by molar-refractivity contribution is 5.88. The van der Waals surface area contributed by atoms with E-state index < -0.39 is 0 Å². The quantitative estimate of drug-likeness (QED) is 0.282. The van der Waals surface area contributed by atoms with Gasteiger partial charge in [-0.3, -0.25) is 0 Å². The molecule has 0 aliphatic heterocycles. The average molecular weight is 469 g/mol. The van der Waals surface area contributed by atoms with Gasteiger partial charge in [0.1, 0.15) is 18.2 Å². The normalized spacial score (nSPS) is 10.5. The third kappa shape index (κ3) is 5.61. The Hall–Kier alpha value is -3.71. The highest BCUT2D eigenvalue weighted by Gasteiger charge is 2.24. The van der Waals surface area contributed by atoms with Crippen molar-refractivity contribution in [1.82, 2.24) is 0 Å². The maximum absolute atomic E-state index is 13.5. The molecular weight excluding hydrogens is 439 g/mol. The van der Waals surface area contributed by atoms with Crippen molar-refractivity contribution >= 4 is 0 Å². The van der Waals surface area contributed by atoms with Crippen molar-refractivity contribution in [1.29, 1.82) is 0 Å². The van der Waals surface area contributed by atoms with E-state index in [9.17, 15) is 9.50 Å². The minimum Gasteiger partial charge on any atom is -0.504 e. The standard InChI is InChI=1S/C27H29FO6/c1-17(2)12-13-33-23-11-8-19(14-22(23)29)25-24(31-4)15-21(18-6-9-20(28)10-7-18)26(32-5)27(25)34-16-30-3/h6-12,14-15,29H,13,16H2,1-5H3. The van der Waals surface area contributed by atoms with Gasteiger partial charge in [0.05, 0.1) is 19.8 Å². The molecule has 0 saturated heterocycles. The van der Waals surface area contributed by atoms with Crippen molar-refractivity contribution in [3.63, 3.8) is 0 Å². The van der Waals surface area contributed by atoms with Gasteiger partial charge in [-0.15, -0.1) is 0 Å². The molecule has 0 aromatic heterocycles. The van der Waals surface area contributed by atoms with Crippen LogP contribution in [0, 0.1) is 5.82 Å². The van der Waals surface area contributed by atoms with Crippen LogP contribution in [0.1, 0.15) is 13.8 Å². The molecule has 3 aromatic rings. The van der Waals surface area contributed by atoms with E-state index in [0.717, 1.165) is 11.1 Å². The second-order valence-corrected chi connectivity index (χ2v) is 7.70. The van der Waals surface area contributed by atoms with Gasteiger partial charge < -0.3 is 28.8 Å². The predicted octanol–water partition coefficient (Wildman–Crippen LogP) is 6.21. The second-order valence-electron chi connectivity index (χ2n) is 7.70. The lowest BCUT2D eigenvalue weighted by molar-refractivity contribution is 0.0495. The zero-order valence-electron chi connectivity index (χ0n) is 20.0. The molecule has 0 atom stereocenters. The van der Waals surface area contributed by atoms with Crippen LogP contribution in [0.15, 0.2) is 60.2 Å². The van der Waals surface area contributed by atoms with Crippen LogP contribution in [0.4, 0.5) is 4.39 Å². The van der Waals surface area contributed by atoms with E-state index >= 15 is 0 Å². The summed E-state index contributed by atoms with van der Waals surface area (Å²) >= 11 is 0. The first kappa shape index (κ1) is 24.9. The zero-order valence-corrected chi connectivity index (χ0v) is 20.0. The molecule has 0 saturated carbocycles. The Balaban J connectivity index is 2.16. The maximum atomic E-state index is 13.5. The van der Waals surface area contributed by atoms with Crippen LogP contribution in [0.2, 0.25) is 0 Å². The van der Waals surface area contributed by atoms with Gasteiger partial charge in [-0.2, -0.15) is 0 Å². The Morgan fingerprint density at radius 2 is 1.56 bits per heavy atom. The predicted molar refractivity (Wildman–Crippen MR) is 129 cm³/mol. The van der Waals surface area contributed by atoms with E-state index in [2.05, 4.69) is 0 Å². The fourth-order valence-corrected chi connectivity index (χ4v) is 3.45. The Bertz CT molecular complexity index is 1150. The maximum Gasteiger partial charge on any atom is 0.188 e. The largest absolute Gasteiger partial charge is 0.504 e. The number of benzene rings is 3. The molecular formula is C27H29FO6. The van der Waals surface area contributed by atoms with Crippen LogP contribution < -0.4 is 18.9 Å². The number of aromatic hydroxyl groups is 1. The first-order chi connectivity index (χ1) is 16.4. The number of phenolic OH excluding ortho intramolecular Hbond substituents is 1. The summed E-state index contributed by atoms with van der Waals surface area (Å²) < 4.78 is 41.7. The first-order valence-electron chi connectivity index (χ1n) is 10.7. The van der Waals surface area contributed by atoms with E-state index in [4.69, 9.17) is 23.7 Å². The van der Waals surface area contributed by atoms with Gasteiger partial charge in [0.2, 0.25) is 0 Å². The minimum atomic E-state index is -0.343. The number of ether oxygens (including phenoxy) is 5. The van der Waals surface area contributed by atoms with Gasteiger partial charge in [0.15, 0.2) is 29.8 Å².